The van der Waals surface area contributed by atoms with E-state index in [-0.39, 0.29) is 0 Å². The molecule has 0 saturated carbocycles. The summed E-state index contributed by atoms with van der Waals surface area (Å²) in [7, 11) is 0. The highest BCUT2D eigenvalue weighted by atomic mass is 16.3. The van der Waals surface area contributed by atoms with Gasteiger partial charge in [-0.1, -0.05) is 0 Å². The maximum atomic E-state index is 5.30. The highest BCUT2D eigenvalue weighted by Gasteiger charge is 2.00. The van der Waals surface area contributed by atoms with Crippen LogP contribution < -0.4 is 5.32 Å². The van der Waals surface area contributed by atoms with E-state index in [1.54, 1.807) is 12.6 Å². The molecule has 2 rings (SSSR count). The first-order valence-corrected chi connectivity index (χ1v) is 4.57. The van der Waals surface area contributed by atoms with E-state index >= 15 is 0 Å². The normalized spacial score (nSPS) is 10.6. The van der Waals surface area contributed by atoms with Gasteiger partial charge in [-0.05, 0) is 18.6 Å². The summed E-state index contributed by atoms with van der Waals surface area (Å²) in [6, 6.07) is 1.97. The van der Waals surface area contributed by atoms with E-state index in [9.17, 15) is 0 Å². The molecule has 2 heterocycles. The average molecular weight is 191 g/mol. The van der Waals surface area contributed by atoms with Crippen molar-refractivity contribution in [3.05, 3.63) is 41.9 Å². The lowest BCUT2D eigenvalue weighted by Gasteiger charge is -2.00. The number of nitrogens with zero attached hydrogens (tertiary/aromatic N) is 1. The van der Waals surface area contributed by atoms with Crippen molar-refractivity contribution in [2.45, 2.75) is 20.0 Å². The van der Waals surface area contributed by atoms with Crippen LogP contribution in [0.2, 0.25) is 0 Å². The lowest BCUT2D eigenvalue weighted by molar-refractivity contribution is 0.479. The van der Waals surface area contributed by atoms with E-state index in [1.807, 2.05) is 19.2 Å². The smallest absolute Gasteiger partial charge is 0.120 e. The Morgan fingerprint density at radius 1 is 1.50 bits per heavy atom. The first-order chi connectivity index (χ1) is 6.86. The number of H-pyrrole nitrogens is 1. The highest BCUT2D eigenvalue weighted by molar-refractivity contribution is 5.14. The molecule has 0 aliphatic rings. The molecule has 0 saturated heterocycles. The fourth-order valence-electron chi connectivity index (χ4n) is 1.28. The van der Waals surface area contributed by atoms with Crippen LogP contribution in [0.3, 0.4) is 0 Å². The molecule has 4 nitrogen and oxygen atoms in total. The minimum Gasteiger partial charge on any atom is -0.468 e. The second kappa shape index (κ2) is 4.11. The summed E-state index contributed by atoms with van der Waals surface area (Å²) < 4.78 is 5.30. The van der Waals surface area contributed by atoms with Crippen molar-refractivity contribution in [3.8, 4) is 0 Å². The van der Waals surface area contributed by atoms with Gasteiger partial charge in [0.05, 0.1) is 19.1 Å². The number of aromatic nitrogens is 2. The van der Waals surface area contributed by atoms with Gasteiger partial charge in [-0.15, -0.1) is 0 Å². The second-order valence-electron chi connectivity index (χ2n) is 3.21. The lowest BCUT2D eigenvalue weighted by Crippen LogP contribution is -2.12. The third-order valence-electron chi connectivity index (χ3n) is 2.12. The number of aryl methyl sites for hydroxylation is 1. The predicted molar refractivity (Wildman–Crippen MR) is 52.6 cm³/mol. The Morgan fingerprint density at radius 3 is 3.07 bits per heavy atom. The molecule has 0 aliphatic heterocycles. The molecule has 0 aromatic carbocycles. The predicted octanol–water partition coefficient (Wildman–Crippen LogP) is 1.60. The molecule has 0 unspecified atom stereocenters. The lowest BCUT2D eigenvalue weighted by atomic mass is 10.3. The molecule has 2 aromatic rings. The topological polar surface area (TPSA) is 53.9 Å². The Bertz CT molecular complexity index is 378. The van der Waals surface area contributed by atoms with Gasteiger partial charge in [-0.25, -0.2) is 4.98 Å². The molecule has 0 fully saturated rings. The van der Waals surface area contributed by atoms with Crippen LogP contribution in [-0.2, 0) is 13.1 Å². The van der Waals surface area contributed by atoms with Gasteiger partial charge in [0.1, 0.15) is 5.76 Å². The summed E-state index contributed by atoms with van der Waals surface area (Å²) in [6.07, 6.45) is 5.19. The maximum Gasteiger partial charge on any atom is 0.120 e. The SMILES string of the molecule is Cc1ccoc1CNCc1cnc[nH]1. The molecule has 4 heteroatoms. The summed E-state index contributed by atoms with van der Waals surface area (Å²) in [5.74, 6) is 0.990. The van der Waals surface area contributed by atoms with Crippen LogP contribution in [0.1, 0.15) is 17.0 Å². The number of rotatable bonds is 4. The fraction of sp³-hybridized carbons (Fsp3) is 0.300. The van der Waals surface area contributed by atoms with Gasteiger partial charge in [-0.2, -0.15) is 0 Å². The van der Waals surface area contributed by atoms with Crippen molar-refractivity contribution in [3.63, 3.8) is 0 Å². The summed E-state index contributed by atoms with van der Waals surface area (Å²) in [5.41, 5.74) is 2.26. The van der Waals surface area contributed by atoms with Crippen molar-refractivity contribution in [1.29, 1.82) is 0 Å². The Balaban J connectivity index is 1.81. The van der Waals surface area contributed by atoms with Gasteiger partial charge in [-0.3, -0.25) is 0 Å². The van der Waals surface area contributed by atoms with Gasteiger partial charge in [0.25, 0.3) is 0 Å². The fourth-order valence-corrected chi connectivity index (χ4v) is 1.28. The molecule has 0 atom stereocenters. The summed E-state index contributed by atoms with van der Waals surface area (Å²) in [5, 5.41) is 3.27. The zero-order valence-corrected chi connectivity index (χ0v) is 8.08. The molecular formula is C10H13N3O. The molecule has 74 valence electrons. The minimum absolute atomic E-state index is 0.748. The van der Waals surface area contributed by atoms with E-state index < -0.39 is 0 Å². The zero-order valence-electron chi connectivity index (χ0n) is 8.08. The number of imidazole rings is 1. The van der Waals surface area contributed by atoms with Crippen molar-refractivity contribution in [2.24, 2.45) is 0 Å². The number of hydrogen-bond donors (Lipinski definition) is 2. The Kier molecular flexibility index (Phi) is 2.65. The van der Waals surface area contributed by atoms with Crippen molar-refractivity contribution in [1.82, 2.24) is 15.3 Å². The molecule has 0 spiro atoms. The third-order valence-corrected chi connectivity index (χ3v) is 2.12. The molecule has 2 N–H and O–H groups in total. The molecule has 0 bridgehead atoms. The van der Waals surface area contributed by atoms with Crippen LogP contribution in [0.5, 0.6) is 0 Å². The number of furan rings is 1. The highest BCUT2D eigenvalue weighted by Crippen LogP contribution is 2.07. The first-order valence-electron chi connectivity index (χ1n) is 4.57. The molecule has 0 radical (unpaired) electrons. The van der Waals surface area contributed by atoms with Gasteiger partial charge >= 0.3 is 0 Å². The van der Waals surface area contributed by atoms with Crippen molar-refractivity contribution in [2.75, 3.05) is 0 Å². The summed E-state index contributed by atoms with van der Waals surface area (Å²) >= 11 is 0. The van der Waals surface area contributed by atoms with Crippen LogP contribution >= 0.6 is 0 Å². The van der Waals surface area contributed by atoms with E-state index in [4.69, 9.17) is 4.42 Å². The van der Waals surface area contributed by atoms with Crippen LogP contribution in [-0.4, -0.2) is 9.97 Å². The summed E-state index contributed by atoms with van der Waals surface area (Å²) in [6.45, 7) is 3.56. The standard InChI is InChI=1S/C10H13N3O/c1-8-2-3-14-10(8)6-11-4-9-5-12-7-13-9/h2-3,5,7,11H,4,6H2,1H3,(H,12,13). The van der Waals surface area contributed by atoms with Crippen molar-refractivity contribution < 1.29 is 4.42 Å². The van der Waals surface area contributed by atoms with Crippen LogP contribution in [0, 0.1) is 6.92 Å². The summed E-state index contributed by atoms with van der Waals surface area (Å²) in [4.78, 5) is 6.96. The van der Waals surface area contributed by atoms with Gasteiger partial charge < -0.3 is 14.7 Å². The van der Waals surface area contributed by atoms with Gasteiger partial charge in [0.2, 0.25) is 0 Å². The van der Waals surface area contributed by atoms with Gasteiger partial charge in [0, 0.05) is 18.4 Å². The van der Waals surface area contributed by atoms with Crippen LogP contribution in [0.25, 0.3) is 0 Å². The Morgan fingerprint density at radius 2 is 2.43 bits per heavy atom. The molecule has 14 heavy (non-hydrogen) atoms. The van der Waals surface area contributed by atoms with E-state index in [2.05, 4.69) is 15.3 Å². The first kappa shape index (κ1) is 9.02. The maximum absolute atomic E-state index is 5.30. The number of hydrogen-bond acceptors (Lipinski definition) is 3. The largest absolute Gasteiger partial charge is 0.468 e. The Hall–Kier alpha value is -1.55. The van der Waals surface area contributed by atoms with E-state index in [0.717, 1.165) is 24.5 Å². The monoisotopic (exact) mass is 191 g/mol. The van der Waals surface area contributed by atoms with Gasteiger partial charge in [0.15, 0.2) is 0 Å². The number of aromatic amines is 1. The molecular weight excluding hydrogens is 178 g/mol. The van der Waals surface area contributed by atoms with Crippen LogP contribution in [0.15, 0.2) is 29.3 Å². The second-order valence-corrected chi connectivity index (χ2v) is 3.21. The Labute approximate surface area is 82.4 Å². The average Bonchev–Trinajstić information content (AvgIpc) is 2.78. The molecule has 0 amide bonds. The van der Waals surface area contributed by atoms with Crippen molar-refractivity contribution >= 4 is 0 Å². The van der Waals surface area contributed by atoms with E-state index in [0.29, 0.717) is 0 Å². The minimum atomic E-state index is 0.748. The number of nitrogens with one attached hydrogen (secondary N) is 2. The molecule has 0 aliphatic carbocycles. The quantitative estimate of drug-likeness (QED) is 0.771. The molecule has 2 aromatic heterocycles. The van der Waals surface area contributed by atoms with Crippen LogP contribution in [0.4, 0.5) is 0 Å². The zero-order chi connectivity index (χ0) is 9.80. The third kappa shape index (κ3) is 2.03. The van der Waals surface area contributed by atoms with E-state index in [1.165, 1.54) is 5.56 Å².